The van der Waals surface area contributed by atoms with Crippen molar-refractivity contribution in [2.45, 2.75) is 45.1 Å². The highest BCUT2D eigenvalue weighted by atomic mass is 79.9. The van der Waals surface area contributed by atoms with Crippen LogP contribution in [0.25, 0.3) is 5.69 Å². The number of carbonyl (C=O) groups excluding carboxylic acids is 1. The van der Waals surface area contributed by atoms with Gasteiger partial charge < -0.3 is 10.1 Å². The Hall–Kier alpha value is -2.74. The summed E-state index contributed by atoms with van der Waals surface area (Å²) in [6, 6.07) is 11.6. The molecule has 1 aromatic carbocycles. The molecule has 4 rings (SSSR count). The minimum absolute atomic E-state index is 0.233. The zero-order chi connectivity index (χ0) is 20.9. The molecule has 0 saturated heterocycles. The number of hydrogen-bond acceptors (Lipinski definition) is 5. The molecule has 3 aromatic rings. The van der Waals surface area contributed by atoms with E-state index in [0.29, 0.717) is 30.6 Å². The molecule has 1 N–H and O–H groups in total. The Labute approximate surface area is 184 Å². The van der Waals surface area contributed by atoms with Crippen LogP contribution in [0.4, 0.5) is 0 Å². The van der Waals surface area contributed by atoms with Crippen LogP contribution in [0.1, 0.15) is 60.3 Å². The van der Waals surface area contributed by atoms with Gasteiger partial charge in [0, 0.05) is 28.7 Å². The van der Waals surface area contributed by atoms with Gasteiger partial charge in [-0.1, -0.05) is 40.6 Å². The van der Waals surface area contributed by atoms with Crippen LogP contribution in [0.2, 0.25) is 0 Å². The summed E-state index contributed by atoms with van der Waals surface area (Å²) in [5.41, 5.74) is 3.00. The average molecular weight is 470 g/mol. The highest BCUT2D eigenvalue weighted by Gasteiger charge is 2.34. The number of ether oxygens (including phenoxy) is 1. The van der Waals surface area contributed by atoms with Crippen LogP contribution in [0.5, 0.6) is 5.88 Å². The van der Waals surface area contributed by atoms with E-state index in [4.69, 9.17) is 4.74 Å². The van der Waals surface area contributed by atoms with Crippen molar-refractivity contribution in [1.82, 2.24) is 25.3 Å². The third-order valence-corrected chi connectivity index (χ3v) is 5.51. The second kappa shape index (κ2) is 9.38. The lowest BCUT2D eigenvalue weighted by atomic mass is 10.2. The molecule has 1 aliphatic rings. The first-order chi connectivity index (χ1) is 14.7. The van der Waals surface area contributed by atoms with Crippen LogP contribution < -0.4 is 10.1 Å². The Balaban J connectivity index is 1.50. The fourth-order valence-corrected chi connectivity index (χ4v) is 3.47. The third-order valence-electron chi connectivity index (χ3n) is 4.98. The summed E-state index contributed by atoms with van der Waals surface area (Å²) in [4.78, 5) is 17.2. The topological polar surface area (TPSA) is 81.9 Å². The van der Waals surface area contributed by atoms with Gasteiger partial charge in [0.1, 0.15) is 0 Å². The molecule has 30 heavy (non-hydrogen) atoms. The summed E-state index contributed by atoms with van der Waals surface area (Å²) < 4.78 is 8.53. The molecule has 1 amide bonds. The SMILES string of the molecule is CCCCOc1ncccc1CNC(=O)c1nnn(-c2ccc(Br)cc2)c1C1CC1. The van der Waals surface area contributed by atoms with Gasteiger partial charge in [0.15, 0.2) is 5.69 Å². The first-order valence-corrected chi connectivity index (χ1v) is 11.0. The molecule has 0 unspecified atom stereocenters. The standard InChI is InChI=1S/C22H24BrN5O2/c1-2-3-13-30-22-16(5-4-12-24-22)14-25-21(29)19-20(15-6-7-15)28(27-26-19)18-10-8-17(23)9-11-18/h4-5,8-12,15H,2-3,6-7,13-14H2,1H3,(H,25,29). The molecule has 2 heterocycles. The number of unbranched alkanes of at least 4 members (excludes halogenated alkanes) is 1. The lowest BCUT2D eigenvalue weighted by Crippen LogP contribution is -2.25. The van der Waals surface area contributed by atoms with Crippen molar-refractivity contribution in [3.05, 3.63) is 64.0 Å². The lowest BCUT2D eigenvalue weighted by molar-refractivity contribution is 0.0944. The quantitative estimate of drug-likeness (QED) is 0.469. The maximum Gasteiger partial charge on any atom is 0.274 e. The number of aromatic nitrogens is 4. The van der Waals surface area contributed by atoms with Crippen LogP contribution in [-0.2, 0) is 6.54 Å². The van der Waals surface area contributed by atoms with Gasteiger partial charge in [-0.2, -0.15) is 0 Å². The van der Waals surface area contributed by atoms with Crippen LogP contribution in [0, 0.1) is 0 Å². The molecule has 8 heteroatoms. The van der Waals surface area contributed by atoms with E-state index in [0.717, 1.165) is 47.1 Å². The van der Waals surface area contributed by atoms with E-state index in [-0.39, 0.29) is 5.91 Å². The van der Waals surface area contributed by atoms with Crippen molar-refractivity contribution in [3.63, 3.8) is 0 Å². The molecule has 0 bridgehead atoms. The van der Waals surface area contributed by atoms with Crippen molar-refractivity contribution >= 4 is 21.8 Å². The second-order valence-electron chi connectivity index (χ2n) is 7.34. The molecule has 7 nitrogen and oxygen atoms in total. The Morgan fingerprint density at radius 2 is 2.07 bits per heavy atom. The minimum Gasteiger partial charge on any atom is -0.477 e. The van der Waals surface area contributed by atoms with E-state index in [1.54, 1.807) is 10.9 Å². The number of rotatable bonds is 9. The van der Waals surface area contributed by atoms with Gasteiger partial charge in [-0.05, 0) is 49.6 Å². The minimum atomic E-state index is -0.233. The first-order valence-electron chi connectivity index (χ1n) is 10.2. The van der Waals surface area contributed by atoms with E-state index < -0.39 is 0 Å². The van der Waals surface area contributed by atoms with E-state index in [2.05, 4.69) is 43.5 Å². The van der Waals surface area contributed by atoms with E-state index >= 15 is 0 Å². The molecular formula is C22H24BrN5O2. The monoisotopic (exact) mass is 469 g/mol. The summed E-state index contributed by atoms with van der Waals surface area (Å²) in [6.45, 7) is 3.05. The molecule has 1 aliphatic carbocycles. The number of carbonyl (C=O) groups is 1. The predicted octanol–water partition coefficient (Wildman–Crippen LogP) is 4.41. The fourth-order valence-electron chi connectivity index (χ4n) is 3.21. The predicted molar refractivity (Wildman–Crippen MR) is 117 cm³/mol. The number of nitrogens with zero attached hydrogens (tertiary/aromatic N) is 4. The molecule has 0 atom stereocenters. The van der Waals surface area contributed by atoms with Gasteiger partial charge in [-0.15, -0.1) is 5.10 Å². The van der Waals surface area contributed by atoms with Crippen molar-refractivity contribution in [2.75, 3.05) is 6.61 Å². The highest BCUT2D eigenvalue weighted by molar-refractivity contribution is 9.10. The third kappa shape index (κ3) is 4.70. The smallest absolute Gasteiger partial charge is 0.274 e. The maximum atomic E-state index is 12.9. The van der Waals surface area contributed by atoms with Gasteiger partial charge >= 0.3 is 0 Å². The lowest BCUT2D eigenvalue weighted by Gasteiger charge is -2.11. The number of benzene rings is 1. The molecule has 0 spiro atoms. The Morgan fingerprint density at radius 3 is 2.80 bits per heavy atom. The molecule has 1 fully saturated rings. The molecule has 1 saturated carbocycles. The van der Waals surface area contributed by atoms with Crippen LogP contribution in [-0.4, -0.2) is 32.5 Å². The second-order valence-corrected chi connectivity index (χ2v) is 8.25. The number of hydrogen-bond donors (Lipinski definition) is 1. The molecule has 2 aromatic heterocycles. The summed E-state index contributed by atoms with van der Waals surface area (Å²) in [5.74, 6) is 0.645. The maximum absolute atomic E-state index is 12.9. The van der Waals surface area contributed by atoms with Crippen molar-refractivity contribution in [3.8, 4) is 11.6 Å². The van der Waals surface area contributed by atoms with Crippen molar-refractivity contribution in [1.29, 1.82) is 0 Å². The van der Waals surface area contributed by atoms with Crippen LogP contribution >= 0.6 is 15.9 Å². The van der Waals surface area contributed by atoms with Crippen LogP contribution in [0.3, 0.4) is 0 Å². The van der Waals surface area contributed by atoms with E-state index in [1.165, 1.54) is 0 Å². The largest absolute Gasteiger partial charge is 0.477 e. The Morgan fingerprint density at radius 1 is 1.27 bits per heavy atom. The van der Waals surface area contributed by atoms with Gasteiger partial charge in [0.05, 0.1) is 18.0 Å². The number of amides is 1. The van der Waals surface area contributed by atoms with Gasteiger partial charge in [-0.3, -0.25) is 4.79 Å². The van der Waals surface area contributed by atoms with Gasteiger partial charge in [0.25, 0.3) is 5.91 Å². The number of nitrogens with one attached hydrogen (secondary N) is 1. The van der Waals surface area contributed by atoms with Gasteiger partial charge in [-0.25, -0.2) is 9.67 Å². The first kappa shape index (κ1) is 20.5. The van der Waals surface area contributed by atoms with E-state index in [1.807, 2.05) is 36.4 Å². The molecule has 0 aliphatic heterocycles. The molecule has 0 radical (unpaired) electrons. The number of pyridine rings is 1. The van der Waals surface area contributed by atoms with Gasteiger partial charge in [0.2, 0.25) is 5.88 Å². The zero-order valence-corrected chi connectivity index (χ0v) is 18.4. The summed E-state index contributed by atoms with van der Waals surface area (Å²) in [7, 11) is 0. The molecule has 156 valence electrons. The molecular weight excluding hydrogens is 446 g/mol. The summed E-state index contributed by atoms with van der Waals surface area (Å²) in [5, 5.41) is 11.4. The average Bonchev–Trinajstić information content (AvgIpc) is 3.51. The Bertz CT molecular complexity index is 1010. The normalized spacial score (nSPS) is 13.3. The van der Waals surface area contributed by atoms with Crippen LogP contribution in [0.15, 0.2) is 47.1 Å². The number of halogens is 1. The fraction of sp³-hybridized carbons (Fsp3) is 0.364. The summed E-state index contributed by atoms with van der Waals surface area (Å²) >= 11 is 3.45. The van der Waals surface area contributed by atoms with E-state index in [9.17, 15) is 4.79 Å². The Kier molecular flexibility index (Phi) is 6.42. The zero-order valence-electron chi connectivity index (χ0n) is 16.8. The highest BCUT2D eigenvalue weighted by Crippen LogP contribution is 2.42. The van der Waals surface area contributed by atoms with Crippen molar-refractivity contribution < 1.29 is 9.53 Å². The van der Waals surface area contributed by atoms with Crippen molar-refractivity contribution in [2.24, 2.45) is 0 Å². The summed E-state index contributed by atoms with van der Waals surface area (Å²) in [6.07, 6.45) is 5.80.